The van der Waals surface area contributed by atoms with E-state index in [0.29, 0.717) is 5.25 Å². The maximum atomic E-state index is 9.48. The van der Waals surface area contributed by atoms with Gasteiger partial charge >= 0.3 is 0 Å². The van der Waals surface area contributed by atoms with Crippen molar-refractivity contribution in [2.75, 3.05) is 0 Å². The lowest BCUT2D eigenvalue weighted by Gasteiger charge is -2.24. The summed E-state index contributed by atoms with van der Waals surface area (Å²) in [4.78, 5) is 0. The van der Waals surface area contributed by atoms with Crippen LogP contribution in [0.2, 0.25) is 0 Å². The zero-order chi connectivity index (χ0) is 11.3. The van der Waals surface area contributed by atoms with Crippen LogP contribution in [0.25, 0.3) is 0 Å². The number of aliphatic hydroxyl groups excluding tert-OH is 1. The Morgan fingerprint density at radius 1 is 1.27 bits per heavy atom. The number of hydrogen-bond acceptors (Lipinski definition) is 3. The zero-order valence-corrected chi connectivity index (χ0v) is 10.5. The lowest BCUT2D eigenvalue weighted by Crippen LogP contribution is -2.23. The number of hydrogen-bond donors (Lipinski definition) is 1. The van der Waals surface area contributed by atoms with Crippen molar-refractivity contribution in [2.24, 2.45) is 5.92 Å². The molecule has 0 bridgehead atoms. The third kappa shape index (κ3) is 4.04. The molecule has 1 aliphatic rings. The Hall–Kier alpha value is -0.200. The third-order valence-corrected chi connectivity index (χ3v) is 4.92. The highest BCUT2D eigenvalue weighted by atomic mass is 32.2. The molecular formula is C12H21NOS. The van der Waals surface area contributed by atoms with Crippen molar-refractivity contribution in [3.05, 3.63) is 0 Å². The van der Waals surface area contributed by atoms with Gasteiger partial charge in [-0.05, 0) is 19.8 Å². The van der Waals surface area contributed by atoms with Gasteiger partial charge < -0.3 is 5.11 Å². The van der Waals surface area contributed by atoms with Crippen LogP contribution in [-0.4, -0.2) is 21.7 Å². The predicted octanol–water partition coefficient (Wildman–Crippen LogP) is 2.96. The smallest absolute Gasteiger partial charge is 0.0667 e. The molecule has 1 saturated carbocycles. The van der Waals surface area contributed by atoms with Gasteiger partial charge in [-0.1, -0.05) is 26.2 Å². The van der Waals surface area contributed by atoms with E-state index in [9.17, 15) is 5.11 Å². The first kappa shape index (κ1) is 12.9. The normalized spacial score (nSPS) is 31.3. The van der Waals surface area contributed by atoms with Gasteiger partial charge in [0.2, 0.25) is 0 Å². The van der Waals surface area contributed by atoms with Crippen molar-refractivity contribution < 1.29 is 5.11 Å². The molecule has 0 aromatic rings. The Morgan fingerprint density at radius 2 is 1.93 bits per heavy atom. The molecule has 1 rings (SSSR count). The summed E-state index contributed by atoms with van der Waals surface area (Å²) in [5, 5.41) is 19.3. The van der Waals surface area contributed by atoms with Gasteiger partial charge in [-0.2, -0.15) is 17.0 Å². The topological polar surface area (TPSA) is 44.0 Å². The maximum absolute atomic E-state index is 9.48. The number of rotatable bonds is 3. The van der Waals surface area contributed by atoms with E-state index in [1.165, 1.54) is 19.3 Å². The lowest BCUT2D eigenvalue weighted by molar-refractivity contribution is 0.196. The molecule has 0 radical (unpaired) electrons. The molecular weight excluding hydrogens is 206 g/mol. The second-order valence-electron chi connectivity index (χ2n) is 4.49. The molecule has 1 aliphatic carbocycles. The fourth-order valence-electron chi connectivity index (χ4n) is 1.97. The summed E-state index contributed by atoms with van der Waals surface area (Å²) < 4.78 is 0. The summed E-state index contributed by atoms with van der Waals surface area (Å²) in [6.45, 7) is 3.88. The van der Waals surface area contributed by atoms with E-state index < -0.39 is 0 Å². The van der Waals surface area contributed by atoms with Crippen molar-refractivity contribution in [1.82, 2.24) is 0 Å². The average Bonchev–Trinajstić information content (AvgIpc) is 2.42. The van der Waals surface area contributed by atoms with E-state index in [1.54, 1.807) is 11.8 Å². The standard InChI is InChI=1S/C12H21NOS/c1-9(14)10(2)15-12-7-5-3-4-6-11(12)8-13/h9-12,14H,3-7H2,1-2H3. The molecule has 0 aromatic carbocycles. The second kappa shape index (κ2) is 6.40. The SMILES string of the molecule is CC(O)C(C)SC1CCCCCC1C#N. The molecule has 4 unspecified atom stereocenters. The monoisotopic (exact) mass is 227 g/mol. The van der Waals surface area contributed by atoms with Gasteiger partial charge in [-0.15, -0.1) is 0 Å². The fourth-order valence-corrected chi connectivity index (χ4v) is 3.44. The molecule has 0 aromatic heterocycles. The second-order valence-corrected chi connectivity index (χ2v) is 6.12. The van der Waals surface area contributed by atoms with Crippen LogP contribution in [-0.2, 0) is 0 Å². The first-order valence-corrected chi connectivity index (χ1v) is 6.82. The van der Waals surface area contributed by atoms with Crippen LogP contribution in [0, 0.1) is 17.2 Å². The molecule has 0 heterocycles. The first-order chi connectivity index (χ1) is 7.15. The molecule has 1 fully saturated rings. The van der Waals surface area contributed by atoms with Crippen LogP contribution in [0.5, 0.6) is 0 Å². The van der Waals surface area contributed by atoms with Crippen molar-refractivity contribution in [3.8, 4) is 6.07 Å². The summed E-state index contributed by atoms with van der Waals surface area (Å²) >= 11 is 1.80. The van der Waals surface area contributed by atoms with Gasteiger partial charge in [0.1, 0.15) is 0 Å². The summed E-state index contributed by atoms with van der Waals surface area (Å²) in [7, 11) is 0. The van der Waals surface area contributed by atoms with Crippen LogP contribution in [0.3, 0.4) is 0 Å². The number of thioether (sulfide) groups is 1. The average molecular weight is 227 g/mol. The molecule has 3 heteroatoms. The molecule has 86 valence electrons. The first-order valence-electron chi connectivity index (χ1n) is 5.88. The highest BCUT2D eigenvalue weighted by molar-refractivity contribution is 8.00. The molecule has 1 N–H and O–H groups in total. The Labute approximate surface area is 97.1 Å². The molecule has 2 nitrogen and oxygen atoms in total. The fraction of sp³-hybridized carbons (Fsp3) is 0.917. The van der Waals surface area contributed by atoms with E-state index >= 15 is 0 Å². The Kier molecular flexibility index (Phi) is 5.49. The number of nitrogens with zero attached hydrogens (tertiary/aromatic N) is 1. The van der Waals surface area contributed by atoms with Crippen LogP contribution in [0.1, 0.15) is 46.0 Å². The van der Waals surface area contributed by atoms with E-state index in [4.69, 9.17) is 5.26 Å². The van der Waals surface area contributed by atoms with Crippen molar-refractivity contribution in [2.45, 2.75) is 62.6 Å². The van der Waals surface area contributed by atoms with Crippen LogP contribution < -0.4 is 0 Å². The highest BCUT2D eigenvalue weighted by Gasteiger charge is 2.26. The minimum Gasteiger partial charge on any atom is -0.392 e. The van der Waals surface area contributed by atoms with Gasteiger partial charge in [0, 0.05) is 10.5 Å². The lowest BCUT2D eigenvalue weighted by atomic mass is 10.0. The number of nitriles is 1. The number of aliphatic hydroxyl groups is 1. The third-order valence-electron chi connectivity index (χ3n) is 3.19. The minimum absolute atomic E-state index is 0.193. The maximum Gasteiger partial charge on any atom is 0.0667 e. The Balaban J connectivity index is 2.52. The van der Waals surface area contributed by atoms with Crippen LogP contribution in [0.15, 0.2) is 0 Å². The van der Waals surface area contributed by atoms with Gasteiger partial charge in [0.15, 0.2) is 0 Å². The molecule has 0 spiro atoms. The zero-order valence-electron chi connectivity index (χ0n) is 9.65. The van der Waals surface area contributed by atoms with Crippen molar-refractivity contribution >= 4 is 11.8 Å². The highest BCUT2D eigenvalue weighted by Crippen LogP contribution is 2.34. The van der Waals surface area contributed by atoms with Gasteiger partial charge in [-0.25, -0.2) is 0 Å². The van der Waals surface area contributed by atoms with Crippen molar-refractivity contribution in [1.29, 1.82) is 5.26 Å². The largest absolute Gasteiger partial charge is 0.392 e. The minimum atomic E-state index is -0.280. The van der Waals surface area contributed by atoms with E-state index in [1.807, 2.05) is 6.92 Å². The predicted molar refractivity (Wildman–Crippen MR) is 64.7 cm³/mol. The summed E-state index contributed by atoms with van der Waals surface area (Å²) in [6, 6.07) is 2.44. The molecule has 0 saturated heterocycles. The molecule has 0 amide bonds. The molecule has 0 aliphatic heterocycles. The summed E-state index contributed by atoms with van der Waals surface area (Å²) in [6.07, 6.45) is 5.59. The van der Waals surface area contributed by atoms with Gasteiger partial charge in [0.25, 0.3) is 0 Å². The van der Waals surface area contributed by atoms with Crippen molar-refractivity contribution in [3.63, 3.8) is 0 Å². The van der Waals surface area contributed by atoms with E-state index in [2.05, 4.69) is 13.0 Å². The van der Waals surface area contributed by atoms with Crippen LogP contribution >= 0.6 is 11.8 Å². The Morgan fingerprint density at radius 3 is 2.53 bits per heavy atom. The quantitative estimate of drug-likeness (QED) is 0.754. The molecule has 4 atom stereocenters. The summed E-state index contributed by atoms with van der Waals surface area (Å²) in [5.41, 5.74) is 0. The Bertz CT molecular complexity index is 224. The summed E-state index contributed by atoms with van der Waals surface area (Å²) in [5.74, 6) is 0.193. The van der Waals surface area contributed by atoms with E-state index in [-0.39, 0.29) is 17.3 Å². The van der Waals surface area contributed by atoms with Gasteiger partial charge in [0.05, 0.1) is 18.1 Å². The van der Waals surface area contributed by atoms with Crippen LogP contribution in [0.4, 0.5) is 0 Å². The van der Waals surface area contributed by atoms with E-state index in [0.717, 1.165) is 12.8 Å². The van der Waals surface area contributed by atoms with Gasteiger partial charge in [-0.3, -0.25) is 0 Å². The molecule has 15 heavy (non-hydrogen) atoms.